The lowest BCUT2D eigenvalue weighted by molar-refractivity contribution is -0.126. The maximum Gasteiger partial charge on any atom is 0.246 e. The first-order chi connectivity index (χ1) is 13.0. The van der Waals surface area contributed by atoms with Crippen molar-refractivity contribution in [3.05, 3.63) is 29.8 Å². The predicted octanol–water partition coefficient (Wildman–Crippen LogP) is 3.69. The molecule has 0 radical (unpaired) electrons. The molecule has 0 N–H and O–H groups in total. The highest BCUT2D eigenvalue weighted by Crippen LogP contribution is 2.25. The summed E-state index contributed by atoms with van der Waals surface area (Å²) in [5.41, 5.74) is 0.893. The molecular weight excluding hydrogens is 340 g/mol. The van der Waals surface area contributed by atoms with Gasteiger partial charge in [0.05, 0.1) is 14.2 Å². The van der Waals surface area contributed by atoms with Crippen LogP contribution in [-0.4, -0.2) is 63.7 Å². The van der Waals surface area contributed by atoms with Crippen LogP contribution in [0.15, 0.2) is 24.3 Å². The van der Waals surface area contributed by atoms with Crippen LogP contribution < -0.4 is 9.47 Å². The molecule has 5 heteroatoms. The van der Waals surface area contributed by atoms with E-state index in [1.165, 1.54) is 32.1 Å². The Morgan fingerprint density at radius 2 is 1.67 bits per heavy atom. The number of nitrogens with zero attached hydrogens (tertiary/aromatic N) is 2. The summed E-state index contributed by atoms with van der Waals surface area (Å²) in [5.74, 6) is 2.14. The van der Waals surface area contributed by atoms with Crippen molar-refractivity contribution >= 4 is 12.0 Å². The summed E-state index contributed by atoms with van der Waals surface area (Å²) in [6.45, 7) is 2.49. The minimum atomic E-state index is 0.0733. The fraction of sp³-hybridized carbons (Fsp3) is 0.591. The number of hydrogen-bond acceptors (Lipinski definition) is 4. The summed E-state index contributed by atoms with van der Waals surface area (Å²) < 4.78 is 10.6. The van der Waals surface area contributed by atoms with Gasteiger partial charge in [0, 0.05) is 31.8 Å². The van der Waals surface area contributed by atoms with E-state index in [2.05, 4.69) is 4.90 Å². The Morgan fingerprint density at radius 1 is 1.04 bits per heavy atom. The van der Waals surface area contributed by atoms with Crippen LogP contribution in [0.1, 0.15) is 37.7 Å². The summed E-state index contributed by atoms with van der Waals surface area (Å²) in [7, 11) is 7.34. The molecule has 1 aliphatic rings. The third-order valence-corrected chi connectivity index (χ3v) is 5.12. The van der Waals surface area contributed by atoms with Gasteiger partial charge in [0.1, 0.15) is 11.5 Å². The molecule has 0 aromatic heterocycles. The van der Waals surface area contributed by atoms with Crippen molar-refractivity contribution in [3.63, 3.8) is 0 Å². The van der Waals surface area contributed by atoms with Gasteiger partial charge in [-0.15, -0.1) is 0 Å². The molecule has 5 nitrogen and oxygen atoms in total. The lowest BCUT2D eigenvalue weighted by atomic mass is 9.89. The Hall–Kier alpha value is -2.01. The monoisotopic (exact) mass is 374 g/mol. The normalized spacial score (nSPS) is 15.3. The van der Waals surface area contributed by atoms with Gasteiger partial charge in [-0.2, -0.15) is 0 Å². The van der Waals surface area contributed by atoms with Crippen LogP contribution in [0.3, 0.4) is 0 Å². The molecule has 150 valence electrons. The molecule has 1 fully saturated rings. The van der Waals surface area contributed by atoms with Crippen molar-refractivity contribution in [3.8, 4) is 11.5 Å². The molecule has 1 aliphatic carbocycles. The van der Waals surface area contributed by atoms with E-state index < -0.39 is 0 Å². The van der Waals surface area contributed by atoms with Crippen molar-refractivity contribution in [2.75, 3.05) is 47.9 Å². The number of benzene rings is 1. The molecule has 0 aliphatic heterocycles. The number of likely N-dealkylation sites (N-methyl/N-ethyl adjacent to an activating group) is 1. The van der Waals surface area contributed by atoms with E-state index in [1.54, 1.807) is 20.3 Å². The average molecular weight is 375 g/mol. The van der Waals surface area contributed by atoms with E-state index >= 15 is 0 Å². The van der Waals surface area contributed by atoms with Gasteiger partial charge in [-0.25, -0.2) is 0 Å². The van der Waals surface area contributed by atoms with Crippen LogP contribution in [0, 0.1) is 5.92 Å². The molecule has 1 saturated carbocycles. The number of amides is 1. The Balaban J connectivity index is 2.07. The SMILES string of the molecule is COc1cc(C=CC(=O)N(CCN(C)C)CC2CCCCC2)cc(OC)c1. The van der Waals surface area contributed by atoms with E-state index in [4.69, 9.17) is 9.47 Å². The number of hydrogen-bond donors (Lipinski definition) is 0. The minimum absolute atomic E-state index is 0.0733. The molecule has 1 amide bonds. The van der Waals surface area contributed by atoms with Gasteiger partial charge < -0.3 is 19.3 Å². The van der Waals surface area contributed by atoms with Crippen molar-refractivity contribution in [2.24, 2.45) is 5.92 Å². The van der Waals surface area contributed by atoms with Gasteiger partial charge in [0.15, 0.2) is 0 Å². The highest BCUT2D eigenvalue weighted by atomic mass is 16.5. The lowest BCUT2D eigenvalue weighted by Gasteiger charge is -2.30. The van der Waals surface area contributed by atoms with Crippen LogP contribution in [-0.2, 0) is 4.79 Å². The van der Waals surface area contributed by atoms with E-state index in [-0.39, 0.29) is 5.91 Å². The summed E-state index contributed by atoms with van der Waals surface area (Å²) in [6.07, 6.45) is 9.91. The van der Waals surface area contributed by atoms with Crippen LogP contribution >= 0.6 is 0 Å². The number of ether oxygens (including phenoxy) is 2. The zero-order valence-corrected chi connectivity index (χ0v) is 17.2. The Bertz CT molecular complexity index is 600. The van der Waals surface area contributed by atoms with E-state index in [1.807, 2.05) is 43.3 Å². The van der Waals surface area contributed by atoms with Gasteiger partial charge in [0.2, 0.25) is 5.91 Å². The second kappa shape index (κ2) is 11.0. The Labute approximate surface area is 163 Å². The first-order valence-corrected chi connectivity index (χ1v) is 9.86. The van der Waals surface area contributed by atoms with E-state index in [9.17, 15) is 4.79 Å². The summed E-state index contributed by atoms with van der Waals surface area (Å²) in [6, 6.07) is 5.63. The molecule has 0 spiro atoms. The van der Waals surface area contributed by atoms with Gasteiger partial charge in [-0.1, -0.05) is 19.3 Å². The number of rotatable bonds is 9. The highest BCUT2D eigenvalue weighted by molar-refractivity contribution is 5.92. The minimum Gasteiger partial charge on any atom is -0.497 e. The third-order valence-electron chi connectivity index (χ3n) is 5.12. The van der Waals surface area contributed by atoms with Crippen molar-refractivity contribution in [1.29, 1.82) is 0 Å². The molecule has 0 saturated heterocycles. The molecule has 0 bridgehead atoms. The zero-order valence-electron chi connectivity index (χ0n) is 17.2. The Kier molecular flexibility index (Phi) is 8.65. The molecule has 0 heterocycles. The van der Waals surface area contributed by atoms with Crippen molar-refractivity contribution in [1.82, 2.24) is 9.80 Å². The Morgan fingerprint density at radius 3 is 2.22 bits per heavy atom. The molecule has 1 aromatic rings. The standard InChI is InChI=1S/C22H34N2O3/c1-23(2)12-13-24(17-18-8-6-5-7-9-18)22(25)11-10-19-14-20(26-3)16-21(15-19)27-4/h10-11,14-16,18H,5-9,12-13,17H2,1-4H3. The van der Waals surface area contributed by atoms with Crippen LogP contribution in [0.5, 0.6) is 11.5 Å². The quantitative estimate of drug-likeness (QED) is 0.618. The largest absolute Gasteiger partial charge is 0.497 e. The maximum absolute atomic E-state index is 12.9. The van der Waals surface area contributed by atoms with Gasteiger partial charge in [0.25, 0.3) is 0 Å². The number of carbonyl (C=O) groups excluding carboxylic acids is 1. The first-order valence-electron chi connectivity index (χ1n) is 9.86. The zero-order chi connectivity index (χ0) is 19.6. The smallest absolute Gasteiger partial charge is 0.246 e. The molecular formula is C22H34N2O3. The van der Waals surface area contributed by atoms with Crippen LogP contribution in [0.25, 0.3) is 6.08 Å². The fourth-order valence-corrected chi connectivity index (χ4v) is 3.49. The summed E-state index contributed by atoms with van der Waals surface area (Å²) in [5, 5.41) is 0. The lowest BCUT2D eigenvalue weighted by Crippen LogP contribution is -2.39. The predicted molar refractivity (Wildman–Crippen MR) is 110 cm³/mol. The maximum atomic E-state index is 12.9. The van der Waals surface area contributed by atoms with Crippen molar-refractivity contribution < 1.29 is 14.3 Å². The topological polar surface area (TPSA) is 42.0 Å². The highest BCUT2D eigenvalue weighted by Gasteiger charge is 2.19. The molecule has 0 unspecified atom stereocenters. The number of methoxy groups -OCH3 is 2. The second-order valence-electron chi connectivity index (χ2n) is 7.57. The van der Waals surface area contributed by atoms with Crippen LogP contribution in [0.2, 0.25) is 0 Å². The fourth-order valence-electron chi connectivity index (χ4n) is 3.49. The van der Waals surface area contributed by atoms with Gasteiger partial charge in [-0.05, 0) is 56.6 Å². The molecule has 0 atom stereocenters. The molecule has 1 aromatic carbocycles. The second-order valence-corrected chi connectivity index (χ2v) is 7.57. The van der Waals surface area contributed by atoms with E-state index in [0.717, 1.165) is 25.2 Å². The van der Waals surface area contributed by atoms with Gasteiger partial charge >= 0.3 is 0 Å². The van der Waals surface area contributed by atoms with Crippen LogP contribution in [0.4, 0.5) is 0 Å². The third kappa shape index (κ3) is 7.25. The summed E-state index contributed by atoms with van der Waals surface area (Å²) in [4.78, 5) is 17.0. The van der Waals surface area contributed by atoms with Gasteiger partial charge in [-0.3, -0.25) is 4.79 Å². The molecule has 27 heavy (non-hydrogen) atoms. The van der Waals surface area contributed by atoms with E-state index in [0.29, 0.717) is 17.4 Å². The van der Waals surface area contributed by atoms with Crippen molar-refractivity contribution in [2.45, 2.75) is 32.1 Å². The summed E-state index contributed by atoms with van der Waals surface area (Å²) >= 11 is 0. The number of carbonyl (C=O) groups is 1. The average Bonchev–Trinajstić information content (AvgIpc) is 2.69. The molecule has 2 rings (SSSR count). The first kappa shape index (κ1) is 21.3.